The van der Waals surface area contributed by atoms with Gasteiger partial charge < -0.3 is 13.3 Å². The number of rotatable bonds is 6. The molecule has 0 aliphatic heterocycles. The third-order valence-electron chi connectivity index (χ3n) is 16.1. The second-order valence-electron chi connectivity index (χ2n) is 20.1. The summed E-state index contributed by atoms with van der Waals surface area (Å²) < 4.78 is 20.2. The van der Waals surface area contributed by atoms with E-state index < -0.39 is 0 Å². The van der Waals surface area contributed by atoms with E-state index in [4.69, 9.17) is 13.3 Å². The molecule has 13 aromatic carbocycles. The lowest BCUT2D eigenvalue weighted by Gasteiger charge is -2.20. The highest BCUT2D eigenvalue weighted by Gasteiger charge is 2.25. The monoisotopic (exact) mass is 968 g/mol. The van der Waals surface area contributed by atoms with Crippen LogP contribution in [-0.4, -0.2) is 0 Å². The van der Waals surface area contributed by atoms with Gasteiger partial charge in [-0.15, -0.1) is 0 Å². The Bertz CT molecular complexity index is 5150. The molecule has 354 valence electrons. The van der Waals surface area contributed by atoms with E-state index in [2.05, 4.69) is 244 Å². The Morgan fingerprint density at radius 1 is 0.303 bits per heavy atom. The summed E-state index contributed by atoms with van der Waals surface area (Å²) in [5.74, 6) is 0. The second-order valence-corrected chi connectivity index (χ2v) is 20.1. The van der Waals surface area contributed by atoms with Crippen molar-refractivity contribution in [2.75, 3.05) is 0 Å². The Balaban J connectivity index is 0.877. The van der Waals surface area contributed by atoms with Crippen molar-refractivity contribution in [3.05, 3.63) is 242 Å². The molecule has 0 aliphatic carbocycles. The van der Waals surface area contributed by atoms with Crippen LogP contribution in [0.4, 0.5) is 0 Å². The fourth-order valence-corrected chi connectivity index (χ4v) is 12.9. The second kappa shape index (κ2) is 16.3. The number of allylic oxidation sites excluding steroid dienone is 1. The summed E-state index contributed by atoms with van der Waals surface area (Å²) in [5, 5.41) is 18.2. The highest BCUT2D eigenvalue weighted by Crippen LogP contribution is 2.50. The molecule has 0 saturated heterocycles. The third kappa shape index (κ3) is 6.05. The normalized spacial score (nSPS) is 12.3. The summed E-state index contributed by atoms with van der Waals surface area (Å²) in [6.45, 7) is 6.58. The van der Waals surface area contributed by atoms with E-state index in [-0.39, 0.29) is 0 Å². The molecule has 0 N–H and O–H groups in total. The quantitative estimate of drug-likeness (QED) is 0.156. The highest BCUT2D eigenvalue weighted by atomic mass is 16.3. The van der Waals surface area contributed by atoms with Crippen LogP contribution < -0.4 is 0 Å². The third-order valence-corrected chi connectivity index (χ3v) is 16.1. The molecule has 0 amide bonds. The van der Waals surface area contributed by atoms with Crippen LogP contribution in [0.5, 0.6) is 0 Å². The fraction of sp³-hybridized carbons (Fsp3) is 0.0137. The van der Waals surface area contributed by atoms with Gasteiger partial charge in [0, 0.05) is 54.2 Å². The zero-order valence-corrected chi connectivity index (χ0v) is 41.4. The van der Waals surface area contributed by atoms with E-state index in [1.54, 1.807) is 0 Å². The van der Waals surface area contributed by atoms with E-state index in [1.165, 1.54) is 38.1 Å². The summed E-state index contributed by atoms with van der Waals surface area (Å²) in [5.41, 5.74) is 16.6. The van der Waals surface area contributed by atoms with Crippen LogP contribution >= 0.6 is 0 Å². The van der Waals surface area contributed by atoms with Gasteiger partial charge in [-0.25, -0.2) is 0 Å². The Hall–Kier alpha value is -9.96. The predicted octanol–water partition coefficient (Wildman–Crippen LogP) is 21.5. The first-order valence-electron chi connectivity index (χ1n) is 26.0. The first-order valence-corrected chi connectivity index (χ1v) is 26.0. The molecule has 3 aromatic heterocycles. The van der Waals surface area contributed by atoms with E-state index in [0.29, 0.717) is 0 Å². The number of fused-ring (bicyclic) bond motifs is 16. The van der Waals surface area contributed by atoms with Crippen molar-refractivity contribution in [2.24, 2.45) is 0 Å². The van der Waals surface area contributed by atoms with Crippen molar-refractivity contribution in [1.82, 2.24) is 0 Å². The SMILES string of the molecule is C=Cc1c(/C=C\C)c(-c2cccc3c2oc2ccc(-c4c5ccccc5c(-c5ccc6oc7c8ccccc8ccc7c6c5)c5ccccc45)cc23)c2ccccc2c1-c1ccc2oc3c4ccccc4ccc3c2c1. The summed E-state index contributed by atoms with van der Waals surface area (Å²) in [6.07, 6.45) is 6.39. The molecule has 3 heteroatoms. The van der Waals surface area contributed by atoms with E-state index in [9.17, 15) is 0 Å². The summed E-state index contributed by atoms with van der Waals surface area (Å²) in [4.78, 5) is 0. The molecule has 3 nitrogen and oxygen atoms in total. The largest absolute Gasteiger partial charge is 0.455 e. The maximum Gasteiger partial charge on any atom is 0.143 e. The van der Waals surface area contributed by atoms with Gasteiger partial charge >= 0.3 is 0 Å². The Kier molecular flexibility index (Phi) is 9.11. The Morgan fingerprint density at radius 3 is 1.14 bits per heavy atom. The average Bonchev–Trinajstić information content (AvgIpc) is 4.23. The van der Waals surface area contributed by atoms with Gasteiger partial charge in [-0.2, -0.15) is 0 Å². The first-order chi connectivity index (χ1) is 37.6. The summed E-state index contributed by atoms with van der Waals surface area (Å²) in [7, 11) is 0. The lowest BCUT2D eigenvalue weighted by molar-refractivity contribution is 0.670. The zero-order valence-electron chi connectivity index (χ0n) is 41.4. The Morgan fingerprint density at radius 2 is 0.684 bits per heavy atom. The minimum atomic E-state index is 0.843. The smallest absolute Gasteiger partial charge is 0.143 e. The van der Waals surface area contributed by atoms with Crippen molar-refractivity contribution in [1.29, 1.82) is 0 Å². The fourth-order valence-electron chi connectivity index (χ4n) is 12.9. The Labute approximate surface area is 436 Å². The van der Waals surface area contributed by atoms with Crippen LogP contribution in [-0.2, 0) is 0 Å². The molecule has 16 rings (SSSR count). The number of benzene rings is 13. The predicted molar refractivity (Wildman–Crippen MR) is 322 cm³/mol. The van der Waals surface area contributed by atoms with Crippen molar-refractivity contribution >= 4 is 132 Å². The maximum atomic E-state index is 7.08. The van der Waals surface area contributed by atoms with E-state index in [0.717, 1.165) is 137 Å². The molecule has 0 bridgehead atoms. The van der Waals surface area contributed by atoms with E-state index in [1.807, 2.05) is 6.08 Å². The number of hydrogen-bond donors (Lipinski definition) is 0. The van der Waals surface area contributed by atoms with Crippen molar-refractivity contribution in [2.45, 2.75) is 6.92 Å². The molecule has 16 aromatic rings. The lowest BCUT2D eigenvalue weighted by Crippen LogP contribution is -1.96. The number of furan rings is 3. The molecule has 0 atom stereocenters. The molecule has 76 heavy (non-hydrogen) atoms. The van der Waals surface area contributed by atoms with Gasteiger partial charge in [0.2, 0.25) is 0 Å². The number of para-hydroxylation sites is 1. The molecular weight excluding hydrogens is 925 g/mol. The van der Waals surface area contributed by atoms with Crippen LogP contribution in [0.15, 0.2) is 244 Å². The molecule has 0 unspecified atom stereocenters. The maximum absolute atomic E-state index is 7.08. The molecule has 3 heterocycles. The van der Waals surface area contributed by atoms with Gasteiger partial charge in [0.25, 0.3) is 0 Å². The molecular formula is C73H44O3. The summed E-state index contributed by atoms with van der Waals surface area (Å²) >= 11 is 0. The average molecular weight is 969 g/mol. The lowest BCUT2D eigenvalue weighted by atomic mass is 9.82. The van der Waals surface area contributed by atoms with E-state index >= 15 is 0 Å². The summed E-state index contributed by atoms with van der Waals surface area (Å²) in [6, 6.07) is 78.9. The first kappa shape index (κ1) is 42.5. The van der Waals surface area contributed by atoms with Gasteiger partial charge in [-0.05, 0) is 143 Å². The zero-order chi connectivity index (χ0) is 50.2. The van der Waals surface area contributed by atoms with Crippen LogP contribution in [0.3, 0.4) is 0 Å². The molecule has 0 spiro atoms. The van der Waals surface area contributed by atoms with Gasteiger partial charge in [0.05, 0.1) is 0 Å². The highest BCUT2D eigenvalue weighted by molar-refractivity contribution is 6.25. The van der Waals surface area contributed by atoms with Gasteiger partial charge in [0.1, 0.15) is 33.5 Å². The van der Waals surface area contributed by atoms with Crippen LogP contribution in [0.1, 0.15) is 18.1 Å². The molecule has 0 saturated carbocycles. The van der Waals surface area contributed by atoms with Crippen molar-refractivity contribution < 1.29 is 13.3 Å². The van der Waals surface area contributed by atoms with Gasteiger partial charge in [-0.3, -0.25) is 0 Å². The standard InChI is InChI=1S/C73H44O3/c1-3-16-50-47(4-2)67(44-31-36-65-62(39-44)58-34-29-42-17-5-7-19-48(42)71(58)74-65)55-25-13-14-26-56(55)70(50)60-28-15-27-57-61-40-45(32-37-64(61)76-73(57)60)68-51-21-9-11-23-53(51)69(54-24-12-10-22-52(54)68)46-33-38-66-63(41-46)59-35-30-43-18-6-8-20-49(43)72(59)75-66/h3-41H,2H2,1H3/b16-3-. The molecule has 0 fully saturated rings. The molecule has 0 aliphatic rings. The number of hydrogen-bond acceptors (Lipinski definition) is 3. The topological polar surface area (TPSA) is 39.4 Å². The van der Waals surface area contributed by atoms with Gasteiger partial charge in [0.15, 0.2) is 0 Å². The minimum Gasteiger partial charge on any atom is -0.455 e. The van der Waals surface area contributed by atoms with Crippen molar-refractivity contribution in [3.8, 4) is 44.5 Å². The van der Waals surface area contributed by atoms with Gasteiger partial charge in [-0.1, -0.05) is 195 Å². The van der Waals surface area contributed by atoms with Crippen LogP contribution in [0, 0.1) is 0 Å². The van der Waals surface area contributed by atoms with Crippen molar-refractivity contribution in [3.63, 3.8) is 0 Å². The van der Waals surface area contributed by atoms with Crippen LogP contribution in [0.25, 0.3) is 176 Å². The minimum absolute atomic E-state index is 0.843. The molecule has 0 radical (unpaired) electrons. The van der Waals surface area contributed by atoms with Crippen LogP contribution in [0.2, 0.25) is 0 Å².